The molecule has 1 aromatic rings. The predicted molar refractivity (Wildman–Crippen MR) is 84.9 cm³/mol. The Bertz CT molecular complexity index is 496. The van der Waals surface area contributed by atoms with Crippen molar-refractivity contribution < 1.29 is 14.0 Å². The molecule has 0 saturated carbocycles. The van der Waals surface area contributed by atoms with Gasteiger partial charge in [-0.05, 0) is 13.8 Å². The van der Waals surface area contributed by atoms with Gasteiger partial charge in [0, 0.05) is 44.4 Å². The molecule has 7 heteroatoms. The van der Waals surface area contributed by atoms with Crippen LogP contribution in [-0.4, -0.2) is 65.8 Å². The third-order valence-electron chi connectivity index (χ3n) is 4.72. The van der Waals surface area contributed by atoms with Crippen molar-refractivity contribution in [2.75, 3.05) is 32.8 Å². The van der Waals surface area contributed by atoms with E-state index in [0.717, 1.165) is 44.9 Å². The molecule has 120 valence electrons. The van der Waals surface area contributed by atoms with Gasteiger partial charge in [-0.3, -0.25) is 9.58 Å². The Labute approximate surface area is 132 Å². The topological polar surface area (TPSA) is 48.8 Å². The standard InChI is InChI=1S/C15H25BN3O3/c1-14(2)15(3,4)22-16(21-14)13-11-17-19(12-13)6-5-18-7-9-20-10-8-18/h11-12H,1,5-10H2,2-4H3/q+1. The summed E-state index contributed by atoms with van der Waals surface area (Å²) in [6, 6.07) is 0. The molecule has 0 spiro atoms. The highest BCUT2D eigenvalue weighted by atomic mass is 16.7. The monoisotopic (exact) mass is 306 g/mol. The minimum Gasteiger partial charge on any atom is -0.395 e. The van der Waals surface area contributed by atoms with Crippen LogP contribution in [0, 0.1) is 6.92 Å². The molecule has 2 aliphatic rings. The van der Waals surface area contributed by atoms with E-state index < -0.39 is 18.3 Å². The van der Waals surface area contributed by atoms with Gasteiger partial charge in [-0.1, -0.05) is 0 Å². The molecule has 3 rings (SSSR count). The number of rotatable bonds is 4. The molecule has 0 aliphatic carbocycles. The zero-order valence-corrected chi connectivity index (χ0v) is 13.7. The molecule has 1 atom stereocenters. The highest BCUT2D eigenvalue weighted by Crippen LogP contribution is 2.36. The van der Waals surface area contributed by atoms with Crippen LogP contribution in [0.25, 0.3) is 0 Å². The molecule has 3 heterocycles. The van der Waals surface area contributed by atoms with E-state index in [1.165, 1.54) is 0 Å². The van der Waals surface area contributed by atoms with Crippen LogP contribution in [0.15, 0.2) is 12.4 Å². The van der Waals surface area contributed by atoms with E-state index in [1.807, 2.05) is 37.8 Å². The summed E-state index contributed by atoms with van der Waals surface area (Å²) in [7, 11) is -0.394. The van der Waals surface area contributed by atoms with Crippen LogP contribution >= 0.6 is 0 Å². The summed E-state index contributed by atoms with van der Waals surface area (Å²) in [5.74, 6) is 0. The second-order valence-corrected chi connectivity index (χ2v) is 6.80. The van der Waals surface area contributed by atoms with E-state index in [-0.39, 0.29) is 0 Å². The van der Waals surface area contributed by atoms with Crippen LogP contribution in [0.1, 0.15) is 20.8 Å². The molecular formula is C15H25BN3O3+. The lowest BCUT2D eigenvalue weighted by molar-refractivity contribution is 0.0262. The third kappa shape index (κ3) is 3.17. The number of morpholine rings is 1. The lowest BCUT2D eigenvalue weighted by Crippen LogP contribution is -2.42. The van der Waals surface area contributed by atoms with E-state index in [4.69, 9.17) is 14.0 Å². The van der Waals surface area contributed by atoms with E-state index >= 15 is 0 Å². The van der Waals surface area contributed by atoms with Crippen LogP contribution in [-0.2, 0) is 20.6 Å². The minimum absolute atomic E-state index is 0.394. The molecule has 22 heavy (non-hydrogen) atoms. The molecule has 0 bridgehead atoms. The molecule has 0 amide bonds. The van der Waals surface area contributed by atoms with Crippen LogP contribution < -0.4 is 5.46 Å². The zero-order valence-electron chi connectivity index (χ0n) is 13.7. The van der Waals surface area contributed by atoms with Gasteiger partial charge < -0.3 is 14.0 Å². The van der Waals surface area contributed by atoms with Gasteiger partial charge in [0.2, 0.25) is 5.60 Å². The fourth-order valence-corrected chi connectivity index (χ4v) is 2.62. The summed E-state index contributed by atoms with van der Waals surface area (Å²) < 4.78 is 19.2. The second kappa shape index (κ2) is 5.89. The van der Waals surface area contributed by atoms with Crippen molar-refractivity contribution in [1.29, 1.82) is 0 Å². The van der Waals surface area contributed by atoms with Crippen molar-refractivity contribution in [2.45, 2.75) is 38.5 Å². The Morgan fingerprint density at radius 2 is 1.95 bits per heavy atom. The van der Waals surface area contributed by atoms with Gasteiger partial charge in [-0.15, -0.1) is 0 Å². The number of ether oxygens (including phenoxy) is 1. The van der Waals surface area contributed by atoms with Gasteiger partial charge in [0.1, 0.15) is 5.60 Å². The van der Waals surface area contributed by atoms with Crippen molar-refractivity contribution in [3.63, 3.8) is 0 Å². The molecule has 2 saturated heterocycles. The molecule has 1 aromatic heterocycles. The largest absolute Gasteiger partial charge is 0.501 e. The SMILES string of the molecule is [CH2+]C1(C)OB(c2cnn(CCN3CCOCC3)c2)OC1(C)C. The van der Waals surface area contributed by atoms with Gasteiger partial charge in [-0.25, -0.2) is 0 Å². The zero-order chi connectivity index (χ0) is 15.8. The molecule has 0 aromatic carbocycles. The Morgan fingerprint density at radius 3 is 2.59 bits per heavy atom. The van der Waals surface area contributed by atoms with Crippen LogP contribution in [0.4, 0.5) is 0 Å². The van der Waals surface area contributed by atoms with E-state index in [2.05, 4.69) is 16.9 Å². The van der Waals surface area contributed by atoms with Gasteiger partial charge >= 0.3 is 7.12 Å². The quantitative estimate of drug-likeness (QED) is 0.593. The average molecular weight is 306 g/mol. The van der Waals surface area contributed by atoms with Gasteiger partial charge in [0.05, 0.1) is 26.7 Å². The van der Waals surface area contributed by atoms with Crippen molar-refractivity contribution in [3.05, 3.63) is 19.3 Å². The first-order valence-electron chi connectivity index (χ1n) is 7.91. The van der Waals surface area contributed by atoms with Gasteiger partial charge in [0.25, 0.3) is 0 Å². The first-order chi connectivity index (χ1) is 10.4. The molecule has 0 radical (unpaired) electrons. The summed E-state index contributed by atoms with van der Waals surface area (Å²) in [5.41, 5.74) is -0.0383. The first-order valence-corrected chi connectivity index (χ1v) is 7.91. The number of nitrogens with zero attached hydrogens (tertiary/aromatic N) is 3. The van der Waals surface area contributed by atoms with Crippen molar-refractivity contribution in [2.24, 2.45) is 0 Å². The maximum absolute atomic E-state index is 5.99. The number of aromatic nitrogens is 2. The summed E-state index contributed by atoms with van der Waals surface area (Å²) in [5, 5.41) is 4.42. The Morgan fingerprint density at radius 1 is 1.23 bits per heavy atom. The van der Waals surface area contributed by atoms with Gasteiger partial charge in [0.15, 0.2) is 0 Å². The van der Waals surface area contributed by atoms with E-state index in [9.17, 15) is 0 Å². The summed E-state index contributed by atoms with van der Waals surface area (Å²) in [6.07, 6.45) is 3.82. The minimum atomic E-state index is -0.562. The fourth-order valence-electron chi connectivity index (χ4n) is 2.62. The highest BCUT2D eigenvalue weighted by molar-refractivity contribution is 6.62. The van der Waals surface area contributed by atoms with E-state index in [0.29, 0.717) is 0 Å². The molecular weight excluding hydrogens is 281 g/mol. The molecule has 2 fully saturated rings. The summed E-state index contributed by atoms with van der Waals surface area (Å²) >= 11 is 0. The average Bonchev–Trinajstić information content (AvgIpc) is 3.01. The summed E-state index contributed by atoms with van der Waals surface area (Å²) in [6.45, 7) is 15.6. The smallest absolute Gasteiger partial charge is 0.395 e. The van der Waals surface area contributed by atoms with Crippen molar-refractivity contribution in [3.8, 4) is 0 Å². The van der Waals surface area contributed by atoms with E-state index in [1.54, 1.807) is 0 Å². The number of hydrogen-bond acceptors (Lipinski definition) is 5. The fraction of sp³-hybridized carbons (Fsp3) is 0.733. The third-order valence-corrected chi connectivity index (χ3v) is 4.72. The number of hydrogen-bond donors (Lipinski definition) is 0. The predicted octanol–water partition coefficient (Wildman–Crippen LogP) is 0.329. The molecule has 6 nitrogen and oxygen atoms in total. The lowest BCUT2D eigenvalue weighted by Gasteiger charge is -2.26. The normalized spacial score (nSPS) is 29.1. The lowest BCUT2D eigenvalue weighted by atomic mass is 9.82. The Hall–Kier alpha value is -1.02. The highest BCUT2D eigenvalue weighted by Gasteiger charge is 2.57. The Kier molecular flexibility index (Phi) is 4.24. The summed E-state index contributed by atoms with van der Waals surface area (Å²) in [4.78, 5) is 2.39. The van der Waals surface area contributed by atoms with Crippen LogP contribution in [0.3, 0.4) is 0 Å². The molecule has 1 unspecified atom stereocenters. The van der Waals surface area contributed by atoms with Crippen molar-refractivity contribution >= 4 is 12.6 Å². The van der Waals surface area contributed by atoms with Crippen molar-refractivity contribution in [1.82, 2.24) is 14.7 Å². The maximum Gasteiger partial charge on any atom is 0.501 e. The molecule has 2 aliphatic heterocycles. The second-order valence-electron chi connectivity index (χ2n) is 6.80. The van der Waals surface area contributed by atoms with Crippen LogP contribution in [0.2, 0.25) is 0 Å². The maximum atomic E-state index is 5.99. The Balaban J connectivity index is 1.57. The van der Waals surface area contributed by atoms with Gasteiger partial charge in [-0.2, -0.15) is 5.10 Å². The molecule has 0 N–H and O–H groups in total. The van der Waals surface area contributed by atoms with Crippen LogP contribution in [0.5, 0.6) is 0 Å². The first kappa shape index (κ1) is 15.9.